The minimum absolute atomic E-state index is 0.0792. The Morgan fingerprint density at radius 3 is 0.854 bits per heavy atom. The summed E-state index contributed by atoms with van der Waals surface area (Å²) in [4.78, 5) is 72.8. The highest BCUT2D eigenvalue weighted by Crippen LogP contribution is 2.45. The minimum Gasteiger partial charge on any atom is -0.462 e. The number of phosphoric ester groups is 2. The number of rotatable bonds is 72. The van der Waals surface area contributed by atoms with Crippen LogP contribution in [0, 0.1) is 0 Å². The van der Waals surface area contributed by atoms with Crippen LogP contribution in [0.2, 0.25) is 0 Å². The van der Waals surface area contributed by atoms with Crippen molar-refractivity contribution in [3.8, 4) is 0 Å². The zero-order valence-corrected chi connectivity index (χ0v) is 62.6. The molecule has 0 aromatic rings. The lowest BCUT2D eigenvalue weighted by Crippen LogP contribution is -2.30. The van der Waals surface area contributed by atoms with E-state index in [9.17, 15) is 43.2 Å². The largest absolute Gasteiger partial charge is 0.472 e. The maximum atomic E-state index is 13.1. The van der Waals surface area contributed by atoms with Crippen molar-refractivity contribution in [1.29, 1.82) is 0 Å². The van der Waals surface area contributed by atoms with Crippen molar-refractivity contribution in [2.24, 2.45) is 0 Å². The molecule has 558 valence electrons. The molecule has 0 spiro atoms. The maximum Gasteiger partial charge on any atom is 0.472 e. The molecule has 0 saturated heterocycles. The fourth-order valence-corrected chi connectivity index (χ4v) is 11.8. The first-order valence-electron chi connectivity index (χ1n) is 38.2. The smallest absolute Gasteiger partial charge is 0.462 e. The average Bonchev–Trinajstić information content (AvgIpc) is 1.15. The SMILES string of the molecule is CCC/C=C\C/C=C\CCCCCCCC(=O)OC(COC(=O)CCCCCCC/C=C\CCCCCCCC)COP(=O)(O)OCC(O)COP(=O)(O)OCC(COC(=O)CCCCCCC/C=C\C/C=C\CCCCC)OC(=O)CCCCCCC/C=C\CCCCCC. The Bertz CT molecular complexity index is 2110. The fraction of sp³-hybridized carbons (Fsp3) is 0.792. The standard InChI is InChI=1S/C77H138O17P2/c1-5-9-13-17-21-25-29-33-35-39-41-45-49-53-57-61-74(79)87-67-72(93-76(81)63-59-55-51-47-43-37-31-27-23-19-15-11-7-3)69-91-95(83,84)89-65-71(78)66-90-96(85,86)92-70-73(94-77(82)64-60-56-52-48-44-38-32-28-24-20-16-12-8-4)68-88-75(80)62-58-54-50-46-42-40-36-34-30-26-22-18-14-10-6-2/h15,19,22,26-28,31-36,71-73,78H,5-14,16-18,20-21,23-25,29-30,37-70H2,1-4H3,(H,83,84)(H,85,86)/b19-15-,26-22-,31-27-,32-28-,35-33-,36-34-. The molecule has 17 nitrogen and oxygen atoms in total. The van der Waals surface area contributed by atoms with Gasteiger partial charge in [0.25, 0.3) is 0 Å². The first-order chi connectivity index (χ1) is 46.7. The van der Waals surface area contributed by atoms with E-state index in [0.29, 0.717) is 25.7 Å². The Hall–Kier alpha value is -3.50. The Morgan fingerprint density at radius 1 is 0.292 bits per heavy atom. The van der Waals surface area contributed by atoms with Crippen molar-refractivity contribution < 1.29 is 80.2 Å². The van der Waals surface area contributed by atoms with Gasteiger partial charge in [0.1, 0.15) is 19.3 Å². The third-order valence-electron chi connectivity index (χ3n) is 16.1. The van der Waals surface area contributed by atoms with Crippen LogP contribution in [0.3, 0.4) is 0 Å². The van der Waals surface area contributed by atoms with E-state index in [1.807, 2.05) is 0 Å². The predicted molar refractivity (Wildman–Crippen MR) is 390 cm³/mol. The summed E-state index contributed by atoms with van der Waals surface area (Å²) in [6, 6.07) is 0. The van der Waals surface area contributed by atoms with Crippen molar-refractivity contribution in [2.75, 3.05) is 39.6 Å². The average molecular weight is 1400 g/mol. The molecule has 0 fully saturated rings. The lowest BCUT2D eigenvalue weighted by molar-refractivity contribution is -0.161. The van der Waals surface area contributed by atoms with E-state index in [1.54, 1.807) is 0 Å². The summed E-state index contributed by atoms with van der Waals surface area (Å²) in [5, 5.41) is 10.6. The van der Waals surface area contributed by atoms with Gasteiger partial charge in [-0.05, 0) is 135 Å². The number of aliphatic hydroxyl groups is 1. The molecule has 5 unspecified atom stereocenters. The molecule has 0 aliphatic heterocycles. The molecule has 0 aromatic carbocycles. The predicted octanol–water partition coefficient (Wildman–Crippen LogP) is 21.7. The molecule has 0 rings (SSSR count). The van der Waals surface area contributed by atoms with Crippen LogP contribution in [0.4, 0.5) is 0 Å². The van der Waals surface area contributed by atoms with Gasteiger partial charge in [-0.15, -0.1) is 0 Å². The summed E-state index contributed by atoms with van der Waals surface area (Å²) in [6.45, 7) is 4.74. The van der Waals surface area contributed by atoms with Crippen LogP contribution in [0.1, 0.15) is 336 Å². The van der Waals surface area contributed by atoms with Crippen LogP contribution in [-0.2, 0) is 65.4 Å². The summed E-state index contributed by atoms with van der Waals surface area (Å²) in [5.74, 6) is -2.20. The van der Waals surface area contributed by atoms with Crippen LogP contribution in [0.15, 0.2) is 72.9 Å². The van der Waals surface area contributed by atoms with Gasteiger partial charge in [-0.25, -0.2) is 9.13 Å². The van der Waals surface area contributed by atoms with E-state index < -0.39 is 97.5 Å². The van der Waals surface area contributed by atoms with E-state index in [0.717, 1.165) is 173 Å². The quantitative estimate of drug-likeness (QED) is 0.0169. The lowest BCUT2D eigenvalue weighted by Gasteiger charge is -2.21. The highest BCUT2D eigenvalue weighted by molar-refractivity contribution is 7.47. The highest BCUT2D eigenvalue weighted by atomic mass is 31.2. The molecular weight excluding hydrogens is 1260 g/mol. The molecule has 0 bridgehead atoms. The monoisotopic (exact) mass is 1400 g/mol. The lowest BCUT2D eigenvalue weighted by atomic mass is 10.1. The van der Waals surface area contributed by atoms with E-state index in [1.165, 1.54) is 83.5 Å². The Labute approximate surface area is 583 Å². The van der Waals surface area contributed by atoms with Crippen LogP contribution in [-0.4, -0.2) is 96.7 Å². The van der Waals surface area contributed by atoms with E-state index in [-0.39, 0.29) is 25.7 Å². The van der Waals surface area contributed by atoms with Crippen molar-refractivity contribution in [3.05, 3.63) is 72.9 Å². The van der Waals surface area contributed by atoms with Crippen molar-refractivity contribution in [3.63, 3.8) is 0 Å². The molecule has 0 aliphatic rings. The third kappa shape index (κ3) is 69.0. The van der Waals surface area contributed by atoms with Gasteiger partial charge in [0.2, 0.25) is 0 Å². The highest BCUT2D eigenvalue weighted by Gasteiger charge is 2.30. The number of phosphoric acid groups is 2. The zero-order valence-electron chi connectivity index (χ0n) is 60.8. The van der Waals surface area contributed by atoms with Gasteiger partial charge < -0.3 is 33.8 Å². The van der Waals surface area contributed by atoms with E-state index in [2.05, 4.69) is 101 Å². The molecule has 3 N–H and O–H groups in total. The summed E-state index contributed by atoms with van der Waals surface area (Å²) in [6.07, 6.45) is 68.9. The van der Waals surface area contributed by atoms with E-state index in [4.69, 9.17) is 37.0 Å². The number of esters is 4. The molecule has 96 heavy (non-hydrogen) atoms. The minimum atomic E-state index is -4.97. The second-order valence-corrected chi connectivity index (χ2v) is 28.5. The number of aliphatic hydroxyl groups excluding tert-OH is 1. The molecular formula is C77H138O17P2. The number of carbonyl (C=O) groups is 4. The van der Waals surface area contributed by atoms with Gasteiger partial charge in [-0.3, -0.25) is 37.3 Å². The number of unbranched alkanes of at least 4 members (excludes halogenated alkanes) is 34. The van der Waals surface area contributed by atoms with Crippen LogP contribution in [0.25, 0.3) is 0 Å². The van der Waals surface area contributed by atoms with Gasteiger partial charge in [0, 0.05) is 25.7 Å². The molecule has 0 aromatic heterocycles. The summed E-state index contributed by atoms with van der Waals surface area (Å²) < 4.78 is 68.4. The Kier molecular flexibility index (Phi) is 67.4. The van der Waals surface area contributed by atoms with Crippen LogP contribution < -0.4 is 0 Å². The van der Waals surface area contributed by atoms with E-state index >= 15 is 0 Å². The van der Waals surface area contributed by atoms with Gasteiger partial charge in [-0.2, -0.15) is 0 Å². The topological polar surface area (TPSA) is 237 Å². The Balaban J connectivity index is 5.34. The third-order valence-corrected chi connectivity index (χ3v) is 18.0. The number of hydrogen-bond acceptors (Lipinski definition) is 15. The molecule has 0 radical (unpaired) electrons. The van der Waals surface area contributed by atoms with Gasteiger partial charge >= 0.3 is 39.5 Å². The first kappa shape index (κ1) is 92.5. The first-order valence-corrected chi connectivity index (χ1v) is 41.2. The van der Waals surface area contributed by atoms with Gasteiger partial charge in [0.05, 0.1) is 26.4 Å². The van der Waals surface area contributed by atoms with Crippen molar-refractivity contribution in [1.82, 2.24) is 0 Å². The van der Waals surface area contributed by atoms with Crippen LogP contribution in [0.5, 0.6) is 0 Å². The fourth-order valence-electron chi connectivity index (χ4n) is 10.2. The molecule has 0 heterocycles. The summed E-state index contributed by atoms with van der Waals surface area (Å²) in [5.41, 5.74) is 0. The van der Waals surface area contributed by atoms with Crippen molar-refractivity contribution >= 4 is 39.5 Å². The number of ether oxygens (including phenoxy) is 4. The maximum absolute atomic E-state index is 13.1. The zero-order chi connectivity index (χ0) is 70.4. The molecule has 0 aliphatic carbocycles. The van der Waals surface area contributed by atoms with Gasteiger partial charge in [-0.1, -0.05) is 248 Å². The van der Waals surface area contributed by atoms with Crippen LogP contribution >= 0.6 is 15.6 Å². The van der Waals surface area contributed by atoms with Crippen molar-refractivity contribution in [2.45, 2.75) is 354 Å². The normalized spacial score (nSPS) is 14.4. The summed E-state index contributed by atoms with van der Waals surface area (Å²) >= 11 is 0. The number of carbonyl (C=O) groups excluding carboxylic acids is 4. The second-order valence-electron chi connectivity index (χ2n) is 25.6. The number of allylic oxidation sites excluding steroid dienone is 12. The molecule has 0 saturated carbocycles. The van der Waals surface area contributed by atoms with Gasteiger partial charge in [0.15, 0.2) is 12.2 Å². The Morgan fingerprint density at radius 2 is 0.531 bits per heavy atom. The second kappa shape index (κ2) is 70.0. The number of hydrogen-bond donors (Lipinski definition) is 3. The summed E-state index contributed by atoms with van der Waals surface area (Å²) in [7, 11) is -9.95. The molecule has 19 heteroatoms. The molecule has 0 amide bonds. The molecule has 5 atom stereocenters.